The quantitative estimate of drug-likeness (QED) is 0.110. The molecule has 3 aliphatic carbocycles. The van der Waals surface area contributed by atoms with Crippen LogP contribution in [-0.4, -0.2) is 69.5 Å². The number of carbonyl (C=O) groups excluding carboxylic acids is 2. The highest BCUT2D eigenvalue weighted by Gasteiger charge is 2.29. The molecule has 0 aromatic carbocycles. The number of hydrogen-bond donors (Lipinski definition) is 6. The van der Waals surface area contributed by atoms with Crippen LogP contribution < -0.4 is 33.2 Å². The van der Waals surface area contributed by atoms with Gasteiger partial charge in [0.15, 0.2) is 0 Å². The number of urea groups is 1. The lowest BCUT2D eigenvalue weighted by molar-refractivity contribution is 0.186. The van der Waals surface area contributed by atoms with Crippen LogP contribution in [-0.2, 0) is 26.2 Å². The zero-order valence-corrected chi connectivity index (χ0v) is 38.6. The molecule has 8 rings (SSSR count). The molecule has 20 heteroatoms. The van der Waals surface area contributed by atoms with E-state index in [1.54, 1.807) is 17.3 Å². The lowest BCUT2D eigenvalue weighted by Crippen LogP contribution is -2.45. The van der Waals surface area contributed by atoms with Gasteiger partial charge in [0.2, 0.25) is 11.9 Å². The third-order valence-corrected chi connectivity index (χ3v) is 10.2. The molecule has 3 aromatic rings. The Morgan fingerprint density at radius 1 is 0.840 bits per heavy atom. The van der Waals surface area contributed by atoms with E-state index in [4.69, 9.17) is 18.6 Å². The third kappa shape index (κ3) is 13.6. The molecule has 15 nitrogen and oxygen atoms in total. The van der Waals surface area contributed by atoms with Crippen molar-refractivity contribution < 1.29 is 11.0 Å². The van der Waals surface area contributed by atoms with Gasteiger partial charge in [-0.05, 0) is 101 Å². The molecule has 0 atom stereocenters. The number of halogens is 5. The van der Waals surface area contributed by atoms with Gasteiger partial charge in [0.1, 0.15) is 13.7 Å². The van der Waals surface area contributed by atoms with E-state index in [2.05, 4.69) is 86.1 Å². The molecule has 2 aliphatic heterocycles. The van der Waals surface area contributed by atoms with Crippen LogP contribution in [0.1, 0.15) is 81.7 Å². The highest BCUT2D eigenvalue weighted by atomic mass is 127. The number of nitrogens with zero attached hydrogens (tertiary/aromatic N) is 7. The second-order valence-electron chi connectivity index (χ2n) is 11.9. The van der Waals surface area contributed by atoms with Crippen molar-refractivity contribution in [2.24, 2.45) is 5.73 Å². The molecule has 0 saturated heterocycles. The van der Waals surface area contributed by atoms with Crippen LogP contribution >= 0.6 is 116 Å². The van der Waals surface area contributed by atoms with Crippen molar-refractivity contribution in [1.82, 2.24) is 50.3 Å². The molecule has 0 unspecified atom stereocenters. The van der Waals surface area contributed by atoms with Crippen molar-refractivity contribution in [2.45, 2.75) is 102 Å². The normalized spacial score (nSPS) is 17.0. The summed E-state index contributed by atoms with van der Waals surface area (Å²) in [4.78, 5) is 45.9. The number of aromatic nitrogens is 6. The third-order valence-electron chi connectivity index (χ3n) is 8.44. The first kappa shape index (κ1) is 43.7. The van der Waals surface area contributed by atoms with Gasteiger partial charge in [-0.1, -0.05) is 29.0 Å². The number of carbonyl (C=O) groups is 2. The zero-order chi connectivity index (χ0) is 35.3. The minimum absolute atomic E-state index is 0. The first-order valence-corrected chi connectivity index (χ1v) is 19.5. The molecule has 3 aromatic heterocycles. The molecule has 0 radical (unpaired) electrons. The van der Waals surface area contributed by atoms with E-state index in [0.29, 0.717) is 42.1 Å². The van der Waals surface area contributed by atoms with Gasteiger partial charge in [-0.15, -0.1) is 48.0 Å². The predicted octanol–water partition coefficient (Wildman–Crippen LogP) is 5.29. The summed E-state index contributed by atoms with van der Waals surface area (Å²) in [5, 5.41) is 9.13. The second-order valence-corrected chi connectivity index (χ2v) is 13.9. The predicted molar refractivity (Wildman–Crippen MR) is 241 cm³/mol. The van der Waals surface area contributed by atoms with Crippen LogP contribution in [0.4, 0.5) is 21.5 Å². The Kier molecular flexibility index (Phi) is 20.2. The summed E-state index contributed by atoms with van der Waals surface area (Å²) in [5.41, 5.74) is 20.6. The van der Waals surface area contributed by atoms with Crippen molar-refractivity contribution in [3.05, 3.63) is 48.6 Å². The van der Waals surface area contributed by atoms with E-state index >= 15 is 0 Å². The van der Waals surface area contributed by atoms with Crippen molar-refractivity contribution in [2.75, 3.05) is 16.4 Å². The summed E-state index contributed by atoms with van der Waals surface area (Å²) < 4.78 is 9.46. The number of nitrogen functional groups attached to an aromatic ring is 2. The fourth-order valence-electron chi connectivity index (χ4n) is 4.96. The molecule has 3 amide bonds. The summed E-state index contributed by atoms with van der Waals surface area (Å²) in [6.45, 7) is 2.79. The smallest absolute Gasteiger partial charge is 0.327 e. The number of fused-ring (bicyclic) bond motifs is 2. The summed E-state index contributed by atoms with van der Waals surface area (Å²) in [7, 11) is 0. The standard InChI is InChI=1S/C11H14IN5O.C8H11N3O.C6H7IN4.C4H9N.CH3I.2HI/c12-9-7-4-17(5-8(7)15-10(13)16-9)11(18)14-6-2-1-3-6;12-8(10-7-2-1-3-7)11-5-4-9-6-11;7-5-3-1-9-2-4(3)10-6(8)11-5;5-4-2-1-3-4;1-2;;/h6H,1-5H2,(H,14,18)(H2,13,15,16);4-7H,1-3H2,(H,10,12);9H,1-2H2,(H2,8,10,11);4H,1-3,5H2;1H3;2*1H/i;;;;1D;;. The molecule has 3 saturated carbocycles. The van der Waals surface area contributed by atoms with Crippen molar-refractivity contribution >= 4 is 140 Å². The molecular formula is C30H46I5N13O2. The number of imidazole rings is 1. The maximum atomic E-state index is 12.0. The van der Waals surface area contributed by atoms with E-state index in [9.17, 15) is 9.59 Å². The maximum Gasteiger partial charge on any atom is 0.327 e. The Labute approximate surface area is 369 Å². The molecule has 0 spiro atoms. The van der Waals surface area contributed by atoms with Crippen LogP contribution in [0.25, 0.3) is 0 Å². The molecule has 5 heterocycles. The minimum Gasteiger partial charge on any atom is -0.368 e. The average Bonchev–Trinajstić information content (AvgIpc) is 3.78. The molecule has 0 bridgehead atoms. The average molecular weight is 1260 g/mol. The van der Waals surface area contributed by atoms with Crippen molar-refractivity contribution in [1.29, 1.82) is 0 Å². The monoisotopic (exact) mass is 1260 g/mol. The van der Waals surface area contributed by atoms with Crippen molar-refractivity contribution in [3.8, 4) is 0 Å². The number of alkyl halides is 1. The molecular weight excluding hydrogens is 1210 g/mol. The zero-order valence-electron chi connectivity index (χ0n) is 28.5. The Morgan fingerprint density at radius 2 is 1.36 bits per heavy atom. The molecule has 9 N–H and O–H groups in total. The van der Waals surface area contributed by atoms with E-state index in [1.165, 1.54) is 48.6 Å². The fourth-order valence-corrected chi connectivity index (χ4v) is 6.44. The maximum absolute atomic E-state index is 12.0. The summed E-state index contributed by atoms with van der Waals surface area (Å²) in [6, 6.07) is 1.23. The first-order chi connectivity index (χ1) is 23.6. The Bertz CT molecular complexity index is 1530. The number of rotatable bonds is 2. The molecule has 3 fully saturated rings. The lowest BCUT2D eigenvalue weighted by Gasteiger charge is -2.28. The topological polar surface area (TPSA) is 221 Å². The van der Waals surface area contributed by atoms with E-state index in [0.717, 1.165) is 63.1 Å². The van der Waals surface area contributed by atoms with Crippen molar-refractivity contribution in [3.63, 3.8) is 0 Å². The van der Waals surface area contributed by atoms with Gasteiger partial charge in [-0.2, -0.15) is 0 Å². The Hall–Kier alpha value is -0.720. The van der Waals surface area contributed by atoms with Crippen LogP contribution in [0, 0.1) is 7.40 Å². The van der Waals surface area contributed by atoms with E-state index in [-0.39, 0.29) is 66.0 Å². The van der Waals surface area contributed by atoms with Gasteiger partial charge in [-0.25, -0.2) is 34.5 Å². The van der Waals surface area contributed by atoms with Crippen LogP contribution in [0.15, 0.2) is 18.7 Å². The van der Waals surface area contributed by atoms with Gasteiger partial charge >= 0.3 is 12.1 Å². The van der Waals surface area contributed by atoms with Gasteiger partial charge in [-0.3, -0.25) is 4.57 Å². The number of anilines is 2. The van der Waals surface area contributed by atoms with Crippen LogP contribution in [0.3, 0.4) is 0 Å². The van der Waals surface area contributed by atoms with Gasteiger partial charge < -0.3 is 38.1 Å². The number of hydrogen-bond acceptors (Lipinski definition) is 11. The summed E-state index contributed by atoms with van der Waals surface area (Å²) in [5.74, 6) is 0.649. The largest absolute Gasteiger partial charge is 0.368 e. The minimum atomic E-state index is -0.0720. The second kappa shape index (κ2) is 23.1. The van der Waals surface area contributed by atoms with E-state index < -0.39 is 0 Å². The van der Waals surface area contributed by atoms with Gasteiger partial charge in [0.05, 0.1) is 24.5 Å². The highest BCUT2D eigenvalue weighted by molar-refractivity contribution is 14.1. The SMILES string of the molecule is I.I.NC1CCC1.Nc1nc(I)c2c(n1)CN(C(=O)NC1CCC1)C2.Nc1nc(I)c2c(n1)CNC2.O=C(NC1CCC1)n1ccnc1.[2H]CI. The fraction of sp³-hybridized carbons (Fsp3) is 0.567. The molecule has 50 heavy (non-hydrogen) atoms. The summed E-state index contributed by atoms with van der Waals surface area (Å²) in [6.07, 6.45) is 15.5. The van der Waals surface area contributed by atoms with Gasteiger partial charge in [0, 0.05) is 56.1 Å². The summed E-state index contributed by atoms with van der Waals surface area (Å²) >= 11 is 6.28. The molecule has 278 valence electrons. The number of nitrogens with one attached hydrogen (secondary N) is 3. The number of nitrogens with two attached hydrogens (primary N) is 3. The van der Waals surface area contributed by atoms with Crippen LogP contribution in [0.2, 0.25) is 0 Å². The highest BCUT2D eigenvalue weighted by Crippen LogP contribution is 2.26. The number of amides is 3. The lowest BCUT2D eigenvalue weighted by atomic mass is 9.93. The van der Waals surface area contributed by atoms with Crippen LogP contribution in [0.5, 0.6) is 0 Å². The Balaban J connectivity index is 0.000000241. The first-order valence-electron chi connectivity index (χ1n) is 16.6. The molecule has 5 aliphatic rings. The van der Waals surface area contributed by atoms with E-state index in [1.807, 2.05) is 22.6 Å². The van der Waals surface area contributed by atoms with Gasteiger partial charge in [0.25, 0.3) is 0 Å². The Morgan fingerprint density at radius 3 is 1.84 bits per heavy atom.